The molecule has 0 aliphatic rings. The summed E-state index contributed by atoms with van der Waals surface area (Å²) >= 11 is 12.1. The van der Waals surface area contributed by atoms with Gasteiger partial charge in [0.15, 0.2) is 0 Å². The van der Waals surface area contributed by atoms with Crippen molar-refractivity contribution in [2.75, 3.05) is 6.54 Å². The van der Waals surface area contributed by atoms with Crippen molar-refractivity contribution in [2.45, 2.75) is 13.3 Å². The van der Waals surface area contributed by atoms with Gasteiger partial charge in [0.1, 0.15) is 11.4 Å². The second-order valence-corrected chi connectivity index (χ2v) is 6.50. The maximum absolute atomic E-state index is 12.6. The monoisotopic (exact) mass is 376 g/mol. The molecule has 1 amide bonds. The summed E-state index contributed by atoms with van der Waals surface area (Å²) in [5.41, 5.74) is 2.75. The lowest BCUT2D eigenvalue weighted by Gasteiger charge is -2.08. The van der Waals surface area contributed by atoms with Crippen LogP contribution in [0.3, 0.4) is 0 Å². The molecule has 0 fully saturated rings. The van der Waals surface area contributed by atoms with Crippen LogP contribution in [0.1, 0.15) is 23.8 Å². The first-order valence-electron chi connectivity index (χ1n) is 7.96. The number of rotatable bonds is 5. The third-order valence-electron chi connectivity index (χ3n) is 3.83. The fourth-order valence-corrected chi connectivity index (χ4v) is 2.83. The molecule has 0 aliphatic carbocycles. The van der Waals surface area contributed by atoms with Gasteiger partial charge in [-0.05, 0) is 42.8 Å². The molecule has 5 nitrogen and oxygen atoms in total. The maximum Gasteiger partial charge on any atom is 0.270 e. The van der Waals surface area contributed by atoms with E-state index in [9.17, 15) is 4.79 Å². The molecule has 0 saturated carbocycles. The number of carbonyl (C=O) groups is 1. The Morgan fingerprint density at radius 1 is 1.20 bits per heavy atom. The number of halogens is 2. The predicted molar refractivity (Wildman–Crippen MR) is 101 cm³/mol. The summed E-state index contributed by atoms with van der Waals surface area (Å²) in [6.45, 7) is 2.61. The van der Waals surface area contributed by atoms with E-state index in [1.165, 1.54) is 0 Å². The minimum Gasteiger partial charge on any atom is -0.351 e. The van der Waals surface area contributed by atoms with Crippen LogP contribution in [0, 0.1) is 0 Å². The molecule has 2 heterocycles. The molecule has 3 rings (SSSR count). The molecule has 0 aliphatic heterocycles. The second kappa shape index (κ2) is 7.33. The first-order chi connectivity index (χ1) is 12.0. The highest BCUT2D eigenvalue weighted by molar-refractivity contribution is 6.42. The summed E-state index contributed by atoms with van der Waals surface area (Å²) < 4.78 is 3.55. The molecule has 0 unspecified atom stereocenters. The summed E-state index contributed by atoms with van der Waals surface area (Å²) in [5.74, 6) is -0.180. The van der Waals surface area contributed by atoms with Gasteiger partial charge in [-0.3, -0.25) is 4.79 Å². The van der Waals surface area contributed by atoms with Crippen LogP contribution < -0.4 is 5.32 Å². The first kappa shape index (κ1) is 17.6. The fourth-order valence-electron chi connectivity index (χ4n) is 2.54. The summed E-state index contributed by atoms with van der Waals surface area (Å²) in [6, 6.07) is 10.8. The quantitative estimate of drug-likeness (QED) is 0.720. The van der Waals surface area contributed by atoms with Gasteiger partial charge in [0.25, 0.3) is 5.91 Å². The van der Waals surface area contributed by atoms with Crippen LogP contribution in [0.5, 0.6) is 0 Å². The smallest absolute Gasteiger partial charge is 0.270 e. The standard InChI is InChI=1S/C18H18Cl2N4O/c1-3-8-21-18(25)17-11-15(16-5-4-9-23(16)2)22-24(17)12-6-7-13(19)14(20)10-12/h4-7,9-11H,3,8H2,1-2H3,(H,21,25). The van der Waals surface area contributed by atoms with Gasteiger partial charge >= 0.3 is 0 Å². The van der Waals surface area contributed by atoms with E-state index in [1.54, 1.807) is 28.9 Å². The van der Waals surface area contributed by atoms with Crippen molar-refractivity contribution in [3.63, 3.8) is 0 Å². The van der Waals surface area contributed by atoms with Crippen LogP contribution >= 0.6 is 23.2 Å². The summed E-state index contributed by atoms with van der Waals surface area (Å²) in [6.07, 6.45) is 2.79. The zero-order valence-electron chi connectivity index (χ0n) is 14.0. The number of aromatic nitrogens is 3. The molecular weight excluding hydrogens is 359 g/mol. The highest BCUT2D eigenvalue weighted by Gasteiger charge is 2.18. The van der Waals surface area contributed by atoms with Gasteiger partial charge in [0.2, 0.25) is 0 Å². The predicted octanol–water partition coefficient (Wildman–Crippen LogP) is 4.32. The van der Waals surface area contributed by atoms with Crippen molar-refractivity contribution < 1.29 is 4.79 Å². The van der Waals surface area contributed by atoms with E-state index < -0.39 is 0 Å². The van der Waals surface area contributed by atoms with E-state index in [1.807, 2.05) is 36.9 Å². The van der Waals surface area contributed by atoms with Gasteiger partial charge in [-0.1, -0.05) is 30.1 Å². The number of amides is 1. The average Bonchev–Trinajstić information content (AvgIpc) is 3.21. The van der Waals surface area contributed by atoms with Gasteiger partial charge in [-0.2, -0.15) is 5.10 Å². The molecule has 1 aromatic carbocycles. The average molecular weight is 377 g/mol. The van der Waals surface area contributed by atoms with Gasteiger partial charge < -0.3 is 9.88 Å². The summed E-state index contributed by atoms with van der Waals surface area (Å²) in [7, 11) is 1.93. The zero-order valence-corrected chi connectivity index (χ0v) is 15.5. The number of hydrogen-bond donors (Lipinski definition) is 1. The number of nitrogens with zero attached hydrogens (tertiary/aromatic N) is 3. The van der Waals surface area contributed by atoms with Crippen LogP contribution in [-0.2, 0) is 7.05 Å². The van der Waals surface area contributed by atoms with Crippen LogP contribution in [-0.4, -0.2) is 26.8 Å². The Morgan fingerprint density at radius 3 is 2.64 bits per heavy atom. The summed E-state index contributed by atoms with van der Waals surface area (Å²) in [4.78, 5) is 12.6. The number of benzene rings is 1. The molecule has 7 heteroatoms. The number of nitrogens with one attached hydrogen (secondary N) is 1. The van der Waals surface area contributed by atoms with E-state index in [0.717, 1.165) is 12.1 Å². The van der Waals surface area contributed by atoms with Crippen molar-refractivity contribution >= 4 is 29.1 Å². The van der Waals surface area contributed by atoms with Crippen LogP contribution in [0.2, 0.25) is 10.0 Å². The molecule has 0 bridgehead atoms. The van der Waals surface area contributed by atoms with Crippen molar-refractivity contribution in [1.29, 1.82) is 0 Å². The van der Waals surface area contributed by atoms with Crippen LogP contribution in [0.4, 0.5) is 0 Å². The Morgan fingerprint density at radius 2 is 2.00 bits per heavy atom. The molecule has 25 heavy (non-hydrogen) atoms. The van der Waals surface area contributed by atoms with Gasteiger partial charge in [-0.25, -0.2) is 4.68 Å². The van der Waals surface area contributed by atoms with Crippen molar-refractivity contribution in [3.8, 4) is 17.1 Å². The number of carbonyl (C=O) groups excluding carboxylic acids is 1. The van der Waals surface area contributed by atoms with Crippen molar-refractivity contribution in [2.24, 2.45) is 7.05 Å². The number of aryl methyl sites for hydroxylation is 1. The Balaban J connectivity index is 2.11. The third-order valence-corrected chi connectivity index (χ3v) is 4.57. The van der Waals surface area contributed by atoms with E-state index in [2.05, 4.69) is 10.4 Å². The molecule has 2 aromatic heterocycles. The lowest BCUT2D eigenvalue weighted by Crippen LogP contribution is -2.26. The summed E-state index contributed by atoms with van der Waals surface area (Å²) in [5, 5.41) is 8.38. The number of hydrogen-bond acceptors (Lipinski definition) is 2. The fraction of sp³-hybridized carbons (Fsp3) is 0.222. The molecule has 0 radical (unpaired) electrons. The highest BCUT2D eigenvalue weighted by Crippen LogP contribution is 2.27. The van der Waals surface area contributed by atoms with E-state index in [0.29, 0.717) is 33.7 Å². The lowest BCUT2D eigenvalue weighted by atomic mass is 10.2. The van der Waals surface area contributed by atoms with Crippen molar-refractivity contribution in [3.05, 3.63) is 58.3 Å². The van der Waals surface area contributed by atoms with Gasteiger partial charge in [0.05, 0.1) is 21.4 Å². The Kier molecular flexibility index (Phi) is 5.16. The lowest BCUT2D eigenvalue weighted by molar-refractivity contribution is 0.0946. The largest absolute Gasteiger partial charge is 0.351 e. The maximum atomic E-state index is 12.6. The van der Waals surface area contributed by atoms with E-state index >= 15 is 0 Å². The molecule has 130 valence electrons. The molecule has 3 aromatic rings. The van der Waals surface area contributed by atoms with Gasteiger partial charge in [0, 0.05) is 19.8 Å². The molecule has 1 N–H and O–H groups in total. The molecule has 0 spiro atoms. The van der Waals surface area contributed by atoms with Gasteiger partial charge in [-0.15, -0.1) is 0 Å². The Bertz CT molecular complexity index is 914. The Labute approximate surface area is 156 Å². The molecule has 0 saturated heterocycles. The van der Waals surface area contributed by atoms with Crippen LogP contribution in [0.15, 0.2) is 42.6 Å². The van der Waals surface area contributed by atoms with E-state index in [-0.39, 0.29) is 5.91 Å². The minimum absolute atomic E-state index is 0.180. The topological polar surface area (TPSA) is 51.9 Å². The first-order valence-corrected chi connectivity index (χ1v) is 8.72. The zero-order chi connectivity index (χ0) is 18.0. The van der Waals surface area contributed by atoms with E-state index in [4.69, 9.17) is 23.2 Å². The third kappa shape index (κ3) is 3.57. The normalized spacial score (nSPS) is 10.9. The minimum atomic E-state index is -0.180. The Hall–Kier alpha value is -2.24. The van der Waals surface area contributed by atoms with Crippen molar-refractivity contribution in [1.82, 2.24) is 19.7 Å². The second-order valence-electron chi connectivity index (χ2n) is 5.69. The SMILES string of the molecule is CCCNC(=O)c1cc(-c2cccn2C)nn1-c1ccc(Cl)c(Cl)c1. The highest BCUT2D eigenvalue weighted by atomic mass is 35.5. The molecule has 0 atom stereocenters. The molecular formula is C18H18Cl2N4O. The van der Waals surface area contributed by atoms with Crippen LogP contribution in [0.25, 0.3) is 17.1 Å².